The first-order chi connectivity index (χ1) is 9.54. The first-order valence-corrected chi connectivity index (χ1v) is 6.60. The van der Waals surface area contributed by atoms with Crippen LogP contribution >= 0.6 is 0 Å². The molecule has 2 nitrogen and oxygen atoms in total. The number of aliphatic hydroxyl groups is 1. The average molecular weight is 266 g/mol. The van der Waals surface area contributed by atoms with Crippen molar-refractivity contribution >= 4 is 11.5 Å². The van der Waals surface area contributed by atoms with Crippen LogP contribution in [0.2, 0.25) is 0 Å². The number of hydrogen-bond acceptors (Lipinski definition) is 2. The van der Waals surface area contributed by atoms with Crippen LogP contribution in [0.4, 0.5) is 0 Å². The molecule has 2 heteroatoms. The van der Waals surface area contributed by atoms with Gasteiger partial charge in [-0.05, 0) is 25.5 Å². The van der Waals surface area contributed by atoms with Crippen molar-refractivity contribution in [3.8, 4) is 0 Å². The quantitative estimate of drug-likeness (QED) is 0.670. The van der Waals surface area contributed by atoms with Crippen LogP contribution in [0.15, 0.2) is 54.6 Å². The fraction of sp³-hybridized carbons (Fsp3) is 0.167. The molecule has 0 bridgehead atoms. The summed E-state index contributed by atoms with van der Waals surface area (Å²) in [5.74, 6) is -0.0824. The van der Waals surface area contributed by atoms with Crippen LogP contribution in [0.1, 0.15) is 22.3 Å². The Morgan fingerprint density at radius 1 is 1.05 bits per heavy atom. The fourth-order valence-electron chi connectivity index (χ4n) is 2.11. The number of ketones is 1. The Morgan fingerprint density at radius 3 is 2.35 bits per heavy atom. The molecule has 0 fully saturated rings. The standard InChI is InChI=1S/C18H18O2/c1-13-5-3-7-15(9-13)11-17(19)12-18(20)16-8-4-6-14(2)10-16/h3-10,12,20H,11H2,1-2H3/b18-12+. The molecule has 0 aliphatic rings. The highest BCUT2D eigenvalue weighted by molar-refractivity contribution is 5.96. The van der Waals surface area contributed by atoms with Crippen molar-refractivity contribution in [3.63, 3.8) is 0 Å². The molecule has 0 unspecified atom stereocenters. The van der Waals surface area contributed by atoms with E-state index in [1.54, 1.807) is 6.07 Å². The summed E-state index contributed by atoms with van der Waals surface area (Å²) in [6, 6.07) is 15.3. The Morgan fingerprint density at radius 2 is 1.70 bits per heavy atom. The zero-order valence-electron chi connectivity index (χ0n) is 11.8. The first-order valence-electron chi connectivity index (χ1n) is 6.60. The first kappa shape index (κ1) is 14.1. The molecule has 0 saturated carbocycles. The molecule has 0 aliphatic carbocycles. The summed E-state index contributed by atoms with van der Waals surface area (Å²) >= 11 is 0. The third kappa shape index (κ3) is 3.82. The molecule has 0 aliphatic heterocycles. The summed E-state index contributed by atoms with van der Waals surface area (Å²) in [6.45, 7) is 3.94. The van der Waals surface area contributed by atoms with Crippen molar-refractivity contribution in [2.75, 3.05) is 0 Å². The lowest BCUT2D eigenvalue weighted by Crippen LogP contribution is -2.00. The fourth-order valence-corrected chi connectivity index (χ4v) is 2.11. The van der Waals surface area contributed by atoms with Gasteiger partial charge in [-0.15, -0.1) is 0 Å². The van der Waals surface area contributed by atoms with Gasteiger partial charge < -0.3 is 5.11 Å². The Bertz CT molecular complexity index is 654. The highest BCUT2D eigenvalue weighted by Crippen LogP contribution is 2.14. The third-order valence-electron chi connectivity index (χ3n) is 3.07. The lowest BCUT2D eigenvalue weighted by molar-refractivity contribution is -0.114. The predicted octanol–water partition coefficient (Wildman–Crippen LogP) is 4.01. The monoisotopic (exact) mass is 266 g/mol. The van der Waals surface area contributed by atoms with Gasteiger partial charge in [0.05, 0.1) is 0 Å². The van der Waals surface area contributed by atoms with E-state index in [0.29, 0.717) is 12.0 Å². The lowest BCUT2D eigenvalue weighted by Gasteiger charge is -2.03. The topological polar surface area (TPSA) is 37.3 Å². The normalized spacial score (nSPS) is 11.4. The zero-order chi connectivity index (χ0) is 14.5. The molecule has 0 atom stereocenters. The second kappa shape index (κ2) is 6.20. The molecule has 0 saturated heterocycles. The molecule has 2 aromatic carbocycles. The van der Waals surface area contributed by atoms with Crippen molar-refractivity contribution in [3.05, 3.63) is 76.9 Å². The van der Waals surface area contributed by atoms with Gasteiger partial charge in [-0.2, -0.15) is 0 Å². The van der Waals surface area contributed by atoms with Gasteiger partial charge in [0.2, 0.25) is 0 Å². The molecule has 0 radical (unpaired) electrons. The van der Waals surface area contributed by atoms with Crippen molar-refractivity contribution < 1.29 is 9.90 Å². The van der Waals surface area contributed by atoms with Gasteiger partial charge in [0.1, 0.15) is 5.76 Å². The SMILES string of the molecule is Cc1cccc(CC(=O)/C=C(/O)c2cccc(C)c2)c1. The van der Waals surface area contributed by atoms with Crippen LogP contribution in [0.3, 0.4) is 0 Å². The molecular formula is C18H18O2. The van der Waals surface area contributed by atoms with E-state index in [4.69, 9.17) is 0 Å². The van der Waals surface area contributed by atoms with E-state index in [2.05, 4.69) is 0 Å². The van der Waals surface area contributed by atoms with Crippen LogP contribution in [0.5, 0.6) is 0 Å². The number of aryl methyl sites for hydroxylation is 2. The van der Waals surface area contributed by atoms with Gasteiger partial charge in [0, 0.05) is 18.1 Å². The van der Waals surface area contributed by atoms with Gasteiger partial charge in [-0.3, -0.25) is 4.79 Å². The molecule has 2 rings (SSSR count). The van der Waals surface area contributed by atoms with Crippen molar-refractivity contribution in [2.45, 2.75) is 20.3 Å². The second-order valence-electron chi connectivity index (χ2n) is 5.03. The molecule has 102 valence electrons. The molecule has 0 spiro atoms. The number of carbonyl (C=O) groups is 1. The van der Waals surface area contributed by atoms with Crippen molar-refractivity contribution in [1.29, 1.82) is 0 Å². The summed E-state index contributed by atoms with van der Waals surface area (Å²) in [6.07, 6.45) is 1.61. The van der Waals surface area contributed by atoms with Crippen LogP contribution in [0.25, 0.3) is 5.76 Å². The smallest absolute Gasteiger partial charge is 0.163 e. The van der Waals surface area contributed by atoms with Gasteiger partial charge in [0.25, 0.3) is 0 Å². The largest absolute Gasteiger partial charge is 0.507 e. The lowest BCUT2D eigenvalue weighted by atomic mass is 10.0. The van der Waals surface area contributed by atoms with Crippen LogP contribution in [0, 0.1) is 13.8 Å². The minimum atomic E-state index is -0.102. The third-order valence-corrected chi connectivity index (χ3v) is 3.07. The van der Waals surface area contributed by atoms with E-state index in [-0.39, 0.29) is 11.5 Å². The molecule has 0 amide bonds. The predicted molar refractivity (Wildman–Crippen MR) is 81.7 cm³/mol. The van der Waals surface area contributed by atoms with E-state index in [0.717, 1.165) is 16.7 Å². The maximum absolute atomic E-state index is 12.0. The van der Waals surface area contributed by atoms with Crippen LogP contribution in [-0.2, 0) is 11.2 Å². The maximum atomic E-state index is 12.0. The molecule has 0 aromatic heterocycles. The number of aliphatic hydroxyl groups excluding tert-OH is 1. The van der Waals surface area contributed by atoms with E-state index in [1.807, 2.05) is 56.3 Å². The summed E-state index contributed by atoms with van der Waals surface area (Å²) in [5, 5.41) is 9.99. The molecule has 0 heterocycles. The Balaban J connectivity index is 2.12. The summed E-state index contributed by atoms with van der Waals surface area (Å²) in [4.78, 5) is 12.0. The summed E-state index contributed by atoms with van der Waals surface area (Å²) < 4.78 is 0. The summed E-state index contributed by atoms with van der Waals surface area (Å²) in [7, 11) is 0. The van der Waals surface area contributed by atoms with Gasteiger partial charge in [0.15, 0.2) is 5.78 Å². The van der Waals surface area contributed by atoms with E-state index in [1.165, 1.54) is 6.08 Å². The van der Waals surface area contributed by atoms with Gasteiger partial charge in [-0.25, -0.2) is 0 Å². The highest BCUT2D eigenvalue weighted by Gasteiger charge is 2.05. The molecule has 2 aromatic rings. The maximum Gasteiger partial charge on any atom is 0.163 e. The van der Waals surface area contributed by atoms with Gasteiger partial charge in [-0.1, -0.05) is 53.6 Å². The Kier molecular flexibility index (Phi) is 4.36. The average Bonchev–Trinajstić information content (AvgIpc) is 2.38. The van der Waals surface area contributed by atoms with Gasteiger partial charge >= 0.3 is 0 Å². The zero-order valence-corrected chi connectivity index (χ0v) is 11.8. The van der Waals surface area contributed by atoms with Crippen molar-refractivity contribution in [2.24, 2.45) is 0 Å². The van der Waals surface area contributed by atoms with E-state index in [9.17, 15) is 9.90 Å². The van der Waals surface area contributed by atoms with Crippen molar-refractivity contribution in [1.82, 2.24) is 0 Å². The Labute approximate surface area is 119 Å². The van der Waals surface area contributed by atoms with Crippen LogP contribution < -0.4 is 0 Å². The van der Waals surface area contributed by atoms with E-state index < -0.39 is 0 Å². The minimum Gasteiger partial charge on any atom is -0.507 e. The Hall–Kier alpha value is -2.35. The number of hydrogen-bond donors (Lipinski definition) is 1. The van der Waals surface area contributed by atoms with Crippen LogP contribution in [-0.4, -0.2) is 10.9 Å². The second-order valence-corrected chi connectivity index (χ2v) is 5.03. The number of rotatable bonds is 4. The number of benzene rings is 2. The number of carbonyl (C=O) groups excluding carboxylic acids is 1. The highest BCUT2D eigenvalue weighted by atomic mass is 16.3. The molecule has 20 heavy (non-hydrogen) atoms. The number of allylic oxidation sites excluding steroid dienone is 1. The molecule has 1 N–H and O–H groups in total. The molecular weight excluding hydrogens is 248 g/mol. The summed E-state index contributed by atoms with van der Waals surface area (Å²) in [5.41, 5.74) is 3.81. The minimum absolute atomic E-state index is 0.0198. The van der Waals surface area contributed by atoms with E-state index >= 15 is 0 Å².